The summed E-state index contributed by atoms with van der Waals surface area (Å²) in [4.78, 5) is 39.7. The molecule has 1 N–H and O–H groups in total. The molecule has 2 saturated heterocycles. The van der Waals surface area contributed by atoms with Crippen LogP contribution in [0.3, 0.4) is 0 Å². The third-order valence-corrected chi connectivity index (χ3v) is 5.48. The molecule has 168 valence electrons. The zero-order valence-corrected chi connectivity index (χ0v) is 16.9. The van der Waals surface area contributed by atoms with Crippen LogP contribution in [-0.2, 0) is 14.3 Å². The highest BCUT2D eigenvalue weighted by Crippen LogP contribution is 2.26. The number of halogens is 3. The molecule has 2 aliphatic rings. The highest BCUT2D eigenvalue weighted by Gasteiger charge is 2.40. The number of carbonyl (C=O) groups is 3. The fraction of sp³-hybridized carbons (Fsp3) is 0.318. The monoisotopic (exact) mass is 447 g/mol. The normalized spacial score (nSPS) is 21.1. The average Bonchev–Trinajstić information content (AvgIpc) is 3.09. The van der Waals surface area contributed by atoms with Gasteiger partial charge in [-0.2, -0.15) is 0 Å². The number of nitrogens with one attached hydrogen (secondary N) is 1. The Hall–Kier alpha value is -3.40. The number of hydrogen-bond donors (Lipinski definition) is 1. The summed E-state index contributed by atoms with van der Waals surface area (Å²) in [5, 5.41) is 2.40. The molecule has 0 aromatic heterocycles. The van der Waals surface area contributed by atoms with E-state index in [0.29, 0.717) is 36.7 Å². The number of imide groups is 1. The van der Waals surface area contributed by atoms with Crippen LogP contribution in [0.2, 0.25) is 0 Å². The molecule has 0 radical (unpaired) electrons. The van der Waals surface area contributed by atoms with Crippen LogP contribution in [0, 0.1) is 17.5 Å². The molecule has 7 nitrogen and oxygen atoms in total. The summed E-state index contributed by atoms with van der Waals surface area (Å²) in [6.45, 7) is 1.15. The van der Waals surface area contributed by atoms with E-state index < -0.39 is 41.1 Å². The van der Waals surface area contributed by atoms with Gasteiger partial charge in [0.2, 0.25) is 5.91 Å². The molecule has 4 amide bonds. The smallest absolute Gasteiger partial charge is 0.329 e. The largest absolute Gasteiger partial charge is 0.370 e. The molecule has 2 atom stereocenters. The molecule has 10 heteroatoms. The third kappa shape index (κ3) is 4.31. The van der Waals surface area contributed by atoms with Gasteiger partial charge in [0, 0.05) is 25.1 Å². The van der Waals surface area contributed by atoms with Crippen LogP contribution >= 0.6 is 0 Å². The summed E-state index contributed by atoms with van der Waals surface area (Å²) in [5.41, 5.74) is 0.536. The number of nitrogens with zero attached hydrogens (tertiary/aromatic N) is 2. The Balaban J connectivity index is 1.37. The predicted molar refractivity (Wildman–Crippen MR) is 107 cm³/mol. The number of urea groups is 1. The highest BCUT2D eigenvalue weighted by atomic mass is 19.2. The molecule has 2 aromatic rings. The molecule has 1 unspecified atom stereocenters. The van der Waals surface area contributed by atoms with Crippen molar-refractivity contribution in [2.75, 3.05) is 24.6 Å². The van der Waals surface area contributed by atoms with Crippen molar-refractivity contribution in [1.82, 2.24) is 10.2 Å². The summed E-state index contributed by atoms with van der Waals surface area (Å²) >= 11 is 0. The molecule has 0 spiro atoms. The molecule has 2 aliphatic heterocycles. The first-order valence-corrected chi connectivity index (χ1v) is 10.1. The van der Waals surface area contributed by atoms with Gasteiger partial charge >= 0.3 is 6.03 Å². The van der Waals surface area contributed by atoms with E-state index in [4.69, 9.17) is 4.74 Å². The lowest BCUT2D eigenvalue weighted by molar-refractivity contribution is -0.139. The average molecular weight is 447 g/mol. The minimum Gasteiger partial charge on any atom is -0.370 e. The minimum absolute atomic E-state index is 0.0133. The van der Waals surface area contributed by atoms with Crippen molar-refractivity contribution in [2.45, 2.75) is 25.0 Å². The lowest BCUT2D eigenvalue weighted by Crippen LogP contribution is -2.43. The molecule has 2 fully saturated rings. The molecule has 0 bridgehead atoms. The summed E-state index contributed by atoms with van der Waals surface area (Å²) in [6.07, 6.45) is -0.252. The summed E-state index contributed by atoms with van der Waals surface area (Å²) in [5.74, 6) is -5.69. The second-order valence-electron chi connectivity index (χ2n) is 7.55. The van der Waals surface area contributed by atoms with Gasteiger partial charge in [0.25, 0.3) is 5.91 Å². The van der Waals surface area contributed by atoms with Crippen LogP contribution in [0.15, 0.2) is 42.5 Å². The Bertz CT molecular complexity index is 1030. The number of rotatable bonds is 5. The van der Waals surface area contributed by atoms with Gasteiger partial charge in [-0.25, -0.2) is 22.9 Å². The Kier molecular flexibility index (Phi) is 6.13. The summed E-state index contributed by atoms with van der Waals surface area (Å²) < 4.78 is 46.0. The van der Waals surface area contributed by atoms with E-state index in [0.717, 1.165) is 5.56 Å². The SMILES string of the molecule is O=C(CC[C@@H]1NC(=O)N(c2cc(F)c(F)c(F)c2)C1=O)N1CCOC(c2ccccc2)C1. The van der Waals surface area contributed by atoms with Crippen LogP contribution in [0.5, 0.6) is 0 Å². The van der Waals surface area contributed by atoms with E-state index in [2.05, 4.69) is 5.32 Å². The van der Waals surface area contributed by atoms with Gasteiger partial charge in [0.05, 0.1) is 18.8 Å². The van der Waals surface area contributed by atoms with Gasteiger partial charge in [-0.1, -0.05) is 30.3 Å². The molecular weight excluding hydrogens is 427 g/mol. The Morgan fingerprint density at radius 3 is 2.47 bits per heavy atom. The molecule has 0 aliphatic carbocycles. The van der Waals surface area contributed by atoms with Gasteiger partial charge in [0.1, 0.15) is 12.1 Å². The van der Waals surface area contributed by atoms with E-state index in [9.17, 15) is 27.6 Å². The fourth-order valence-corrected chi connectivity index (χ4v) is 3.81. The van der Waals surface area contributed by atoms with Crippen molar-refractivity contribution < 1.29 is 32.3 Å². The molecule has 2 heterocycles. The molecule has 2 aromatic carbocycles. The van der Waals surface area contributed by atoms with Crippen molar-refractivity contribution in [3.8, 4) is 0 Å². The van der Waals surface area contributed by atoms with Gasteiger partial charge in [-0.3, -0.25) is 9.59 Å². The van der Waals surface area contributed by atoms with Crippen LogP contribution in [0.1, 0.15) is 24.5 Å². The number of carbonyl (C=O) groups excluding carboxylic acids is 3. The van der Waals surface area contributed by atoms with Gasteiger partial charge < -0.3 is 15.0 Å². The molecule has 0 saturated carbocycles. The zero-order valence-electron chi connectivity index (χ0n) is 16.9. The van der Waals surface area contributed by atoms with Crippen LogP contribution < -0.4 is 10.2 Å². The highest BCUT2D eigenvalue weighted by molar-refractivity contribution is 6.21. The Morgan fingerprint density at radius 2 is 1.78 bits per heavy atom. The Morgan fingerprint density at radius 1 is 1.09 bits per heavy atom. The lowest BCUT2D eigenvalue weighted by atomic mass is 10.1. The maximum absolute atomic E-state index is 13.5. The molecule has 32 heavy (non-hydrogen) atoms. The van der Waals surface area contributed by atoms with Crippen molar-refractivity contribution in [3.05, 3.63) is 65.5 Å². The van der Waals surface area contributed by atoms with Crippen molar-refractivity contribution in [1.29, 1.82) is 0 Å². The van der Waals surface area contributed by atoms with Crippen LogP contribution in [0.25, 0.3) is 0 Å². The van der Waals surface area contributed by atoms with Gasteiger partial charge in [0.15, 0.2) is 17.5 Å². The maximum atomic E-state index is 13.5. The fourth-order valence-electron chi connectivity index (χ4n) is 3.81. The second kappa shape index (κ2) is 8.99. The number of amides is 4. The second-order valence-corrected chi connectivity index (χ2v) is 7.55. The zero-order chi connectivity index (χ0) is 22.8. The number of morpholine rings is 1. The number of benzene rings is 2. The first-order chi connectivity index (χ1) is 15.3. The number of hydrogen-bond acceptors (Lipinski definition) is 4. The third-order valence-electron chi connectivity index (χ3n) is 5.48. The van der Waals surface area contributed by atoms with Gasteiger partial charge in [-0.05, 0) is 12.0 Å². The predicted octanol–water partition coefficient (Wildman–Crippen LogP) is 2.91. The van der Waals surface area contributed by atoms with Crippen LogP contribution in [-0.4, -0.2) is 48.5 Å². The molecular formula is C22H20F3N3O4. The number of anilines is 1. The first-order valence-electron chi connectivity index (χ1n) is 10.1. The van der Waals surface area contributed by atoms with E-state index in [-0.39, 0.29) is 24.9 Å². The Labute approximate surface area is 181 Å². The number of ether oxygens (including phenoxy) is 1. The van der Waals surface area contributed by atoms with E-state index in [1.165, 1.54) is 0 Å². The van der Waals surface area contributed by atoms with Crippen molar-refractivity contribution >= 4 is 23.5 Å². The van der Waals surface area contributed by atoms with Crippen molar-refractivity contribution in [2.24, 2.45) is 0 Å². The lowest BCUT2D eigenvalue weighted by Gasteiger charge is -2.33. The maximum Gasteiger partial charge on any atom is 0.329 e. The summed E-state index contributed by atoms with van der Waals surface area (Å²) in [7, 11) is 0. The van der Waals surface area contributed by atoms with Gasteiger partial charge in [-0.15, -0.1) is 0 Å². The first kappa shape index (κ1) is 21.8. The van der Waals surface area contributed by atoms with E-state index in [1.54, 1.807) is 4.90 Å². The molecule has 4 rings (SSSR count). The minimum atomic E-state index is -1.69. The van der Waals surface area contributed by atoms with E-state index in [1.807, 2.05) is 30.3 Å². The quantitative estimate of drug-likeness (QED) is 0.565. The van der Waals surface area contributed by atoms with Crippen LogP contribution in [0.4, 0.5) is 23.7 Å². The standard InChI is InChI=1S/C22H20F3N3O4/c23-15-10-14(11-16(24)20(15)25)28-21(30)17(26-22(28)31)6-7-19(29)27-8-9-32-18(12-27)13-4-2-1-3-5-13/h1-5,10-11,17-18H,6-9,12H2,(H,26,31)/t17-,18?/m0/s1. The summed E-state index contributed by atoms with van der Waals surface area (Å²) in [6, 6.07) is 8.71. The topological polar surface area (TPSA) is 79.0 Å². The van der Waals surface area contributed by atoms with Crippen molar-refractivity contribution in [3.63, 3.8) is 0 Å². The van der Waals surface area contributed by atoms with E-state index >= 15 is 0 Å².